The highest BCUT2D eigenvalue weighted by Gasteiger charge is 2.38. The average molecular weight is 403 g/mol. The monoisotopic (exact) mass is 401 g/mol. The van der Waals surface area contributed by atoms with Crippen LogP contribution in [0.5, 0.6) is 0 Å². The first-order chi connectivity index (χ1) is 10.6. The highest BCUT2D eigenvalue weighted by molar-refractivity contribution is 9.10. The number of carbonyl (C=O) groups is 2. The molecule has 2 aliphatic rings. The molecular weight excluding hydrogens is 382 g/mol. The zero-order valence-corrected chi connectivity index (χ0v) is 15.4. The summed E-state index contributed by atoms with van der Waals surface area (Å²) in [5, 5.41) is 3.27. The first-order valence-electron chi connectivity index (χ1n) is 7.60. The van der Waals surface area contributed by atoms with Crippen LogP contribution in [0.2, 0.25) is 0 Å². The first kappa shape index (κ1) is 18.2. The third kappa shape index (κ3) is 3.70. The van der Waals surface area contributed by atoms with Gasteiger partial charge in [0.15, 0.2) is 0 Å². The molecule has 126 valence electrons. The summed E-state index contributed by atoms with van der Waals surface area (Å²) in [6, 6.07) is 7.88. The minimum atomic E-state index is -0.245. The van der Waals surface area contributed by atoms with Gasteiger partial charge in [-0.3, -0.25) is 9.59 Å². The van der Waals surface area contributed by atoms with Crippen molar-refractivity contribution in [3.63, 3.8) is 0 Å². The molecule has 1 aromatic carbocycles. The maximum atomic E-state index is 12.6. The zero-order chi connectivity index (χ0) is 15.7. The molecule has 5 nitrogen and oxygen atoms in total. The van der Waals surface area contributed by atoms with Crippen LogP contribution in [0.25, 0.3) is 0 Å². The lowest BCUT2D eigenvalue weighted by Gasteiger charge is -2.26. The smallest absolute Gasteiger partial charge is 0.228 e. The van der Waals surface area contributed by atoms with Crippen LogP contribution in [0.4, 0.5) is 5.69 Å². The number of para-hydroxylation sites is 1. The minimum absolute atomic E-state index is 0. The molecule has 2 fully saturated rings. The Balaban J connectivity index is 0.00000192. The van der Waals surface area contributed by atoms with Crippen molar-refractivity contribution >= 4 is 45.8 Å². The average Bonchev–Trinajstić information content (AvgIpc) is 3.16. The van der Waals surface area contributed by atoms with E-state index in [0.29, 0.717) is 13.0 Å². The summed E-state index contributed by atoms with van der Waals surface area (Å²) in [6.45, 7) is 2.26. The number of nitrogens with one attached hydrogen (secondary N) is 1. The van der Waals surface area contributed by atoms with Crippen molar-refractivity contribution in [1.82, 2.24) is 10.2 Å². The van der Waals surface area contributed by atoms with Crippen LogP contribution in [0.1, 0.15) is 12.8 Å². The van der Waals surface area contributed by atoms with Crippen molar-refractivity contribution in [2.45, 2.75) is 18.9 Å². The second kappa shape index (κ2) is 7.64. The highest BCUT2D eigenvalue weighted by atomic mass is 79.9. The Bertz CT molecular complexity index is 592. The van der Waals surface area contributed by atoms with Gasteiger partial charge in [0.2, 0.25) is 11.8 Å². The Labute approximate surface area is 150 Å². The van der Waals surface area contributed by atoms with E-state index in [2.05, 4.69) is 21.2 Å². The molecule has 2 atom stereocenters. The Kier molecular flexibility index (Phi) is 6.06. The molecule has 0 aromatic heterocycles. The number of benzene rings is 1. The van der Waals surface area contributed by atoms with E-state index in [1.807, 2.05) is 36.2 Å². The fourth-order valence-corrected chi connectivity index (χ4v) is 3.71. The van der Waals surface area contributed by atoms with Crippen molar-refractivity contribution in [3.8, 4) is 0 Å². The van der Waals surface area contributed by atoms with E-state index in [1.54, 1.807) is 4.90 Å². The van der Waals surface area contributed by atoms with Crippen LogP contribution >= 0.6 is 28.3 Å². The van der Waals surface area contributed by atoms with E-state index in [9.17, 15) is 9.59 Å². The van der Waals surface area contributed by atoms with Gasteiger partial charge in [-0.2, -0.15) is 0 Å². The molecule has 1 N–H and O–H groups in total. The fraction of sp³-hybridized carbons (Fsp3) is 0.500. The van der Waals surface area contributed by atoms with E-state index < -0.39 is 0 Å². The van der Waals surface area contributed by atoms with Gasteiger partial charge in [0.1, 0.15) is 0 Å². The van der Waals surface area contributed by atoms with Crippen LogP contribution in [0.15, 0.2) is 28.7 Å². The second-order valence-corrected chi connectivity index (χ2v) is 6.81. The van der Waals surface area contributed by atoms with Gasteiger partial charge < -0.3 is 15.1 Å². The predicted molar refractivity (Wildman–Crippen MR) is 95.9 cm³/mol. The van der Waals surface area contributed by atoms with Gasteiger partial charge in [0, 0.05) is 37.1 Å². The van der Waals surface area contributed by atoms with Gasteiger partial charge >= 0.3 is 0 Å². The maximum absolute atomic E-state index is 12.6. The number of anilines is 1. The number of hydrogen-bond acceptors (Lipinski definition) is 3. The number of rotatable bonds is 3. The third-order valence-corrected chi connectivity index (χ3v) is 5.22. The second-order valence-electron chi connectivity index (χ2n) is 5.95. The molecule has 0 aliphatic carbocycles. The van der Waals surface area contributed by atoms with Gasteiger partial charge in [-0.1, -0.05) is 12.1 Å². The Hall–Kier alpha value is -1.11. The fourth-order valence-electron chi connectivity index (χ4n) is 3.21. The molecule has 1 aromatic rings. The van der Waals surface area contributed by atoms with Crippen LogP contribution in [0, 0.1) is 5.92 Å². The lowest BCUT2D eigenvalue weighted by Crippen LogP contribution is -2.42. The van der Waals surface area contributed by atoms with Gasteiger partial charge in [0.25, 0.3) is 0 Å². The molecule has 0 radical (unpaired) electrons. The quantitative estimate of drug-likeness (QED) is 0.842. The van der Waals surface area contributed by atoms with Crippen molar-refractivity contribution in [1.29, 1.82) is 0 Å². The molecule has 23 heavy (non-hydrogen) atoms. The van der Waals surface area contributed by atoms with E-state index in [0.717, 1.165) is 29.7 Å². The SMILES string of the molecule is CN(C(=O)C1CC(=O)N(c2ccccc2Br)C1)C1CCNC1.Cl. The summed E-state index contributed by atoms with van der Waals surface area (Å²) in [5.74, 6) is -0.148. The number of likely N-dealkylation sites (N-methyl/N-ethyl adjacent to an activating group) is 1. The molecule has 2 amide bonds. The van der Waals surface area contributed by atoms with Crippen LogP contribution in [0.3, 0.4) is 0 Å². The molecule has 0 spiro atoms. The molecule has 2 unspecified atom stereocenters. The largest absolute Gasteiger partial charge is 0.341 e. The molecule has 0 saturated carbocycles. The molecule has 3 rings (SSSR count). The maximum Gasteiger partial charge on any atom is 0.228 e. The first-order valence-corrected chi connectivity index (χ1v) is 8.39. The summed E-state index contributed by atoms with van der Waals surface area (Å²) in [6.07, 6.45) is 1.28. The molecule has 2 heterocycles. The van der Waals surface area contributed by atoms with Crippen LogP contribution in [-0.4, -0.2) is 49.4 Å². The Morgan fingerprint density at radius 2 is 2.13 bits per heavy atom. The Morgan fingerprint density at radius 3 is 2.78 bits per heavy atom. The molecule has 2 saturated heterocycles. The molecule has 7 heteroatoms. The Morgan fingerprint density at radius 1 is 1.39 bits per heavy atom. The number of carbonyl (C=O) groups excluding carboxylic acids is 2. The van der Waals surface area contributed by atoms with E-state index >= 15 is 0 Å². The number of nitrogens with zero attached hydrogens (tertiary/aromatic N) is 2. The normalized spacial score (nSPS) is 23.7. The van der Waals surface area contributed by atoms with E-state index in [1.165, 1.54) is 0 Å². The van der Waals surface area contributed by atoms with Crippen molar-refractivity contribution in [2.24, 2.45) is 5.92 Å². The van der Waals surface area contributed by atoms with Gasteiger partial charge in [-0.25, -0.2) is 0 Å². The summed E-state index contributed by atoms with van der Waals surface area (Å²) in [7, 11) is 1.85. The minimum Gasteiger partial charge on any atom is -0.341 e. The van der Waals surface area contributed by atoms with Gasteiger partial charge in [-0.15, -0.1) is 12.4 Å². The highest BCUT2D eigenvalue weighted by Crippen LogP contribution is 2.32. The van der Waals surface area contributed by atoms with Gasteiger partial charge in [-0.05, 0) is 41.0 Å². The topological polar surface area (TPSA) is 52.7 Å². The van der Waals surface area contributed by atoms with Crippen LogP contribution in [-0.2, 0) is 9.59 Å². The molecule has 2 aliphatic heterocycles. The zero-order valence-electron chi connectivity index (χ0n) is 13.0. The van der Waals surface area contributed by atoms with E-state index in [-0.39, 0.29) is 36.2 Å². The third-order valence-electron chi connectivity index (χ3n) is 4.55. The summed E-state index contributed by atoms with van der Waals surface area (Å²) in [4.78, 5) is 28.5. The number of halogens is 2. The summed E-state index contributed by atoms with van der Waals surface area (Å²) in [5.41, 5.74) is 0.841. The lowest BCUT2D eigenvalue weighted by molar-refractivity contribution is -0.136. The molecule has 0 bridgehead atoms. The van der Waals surface area contributed by atoms with Gasteiger partial charge in [0.05, 0.1) is 11.6 Å². The molecular formula is C16H21BrClN3O2. The van der Waals surface area contributed by atoms with Crippen LogP contribution < -0.4 is 10.2 Å². The number of hydrogen-bond donors (Lipinski definition) is 1. The predicted octanol–water partition coefficient (Wildman–Crippen LogP) is 2.04. The standard InChI is InChI=1S/C16H20BrN3O2.ClH/c1-19(12-6-7-18-9-12)16(22)11-8-15(21)20(10-11)14-5-3-2-4-13(14)17;/h2-5,11-12,18H,6-10H2,1H3;1H. The van der Waals surface area contributed by atoms with E-state index in [4.69, 9.17) is 0 Å². The number of amides is 2. The van der Waals surface area contributed by atoms with Crippen molar-refractivity contribution < 1.29 is 9.59 Å². The lowest BCUT2D eigenvalue weighted by atomic mass is 10.1. The summed E-state index contributed by atoms with van der Waals surface area (Å²) >= 11 is 3.48. The van der Waals surface area contributed by atoms with Crippen molar-refractivity contribution in [2.75, 3.05) is 31.6 Å². The summed E-state index contributed by atoms with van der Waals surface area (Å²) < 4.78 is 0.879. The van der Waals surface area contributed by atoms with Crippen molar-refractivity contribution in [3.05, 3.63) is 28.7 Å².